The topological polar surface area (TPSA) is 70.0 Å². The number of rotatable bonds is 4. The molecule has 1 fully saturated rings. The van der Waals surface area contributed by atoms with E-state index in [-0.39, 0.29) is 0 Å². The van der Waals surface area contributed by atoms with Crippen molar-refractivity contribution in [1.82, 2.24) is 4.90 Å². The first-order valence-corrected chi connectivity index (χ1v) is 7.69. The van der Waals surface area contributed by atoms with Gasteiger partial charge in [0.15, 0.2) is 0 Å². The number of benzene rings is 1. The van der Waals surface area contributed by atoms with Crippen LogP contribution in [0.4, 0.5) is 0 Å². The molecule has 0 unspecified atom stereocenters. The van der Waals surface area contributed by atoms with Crippen molar-refractivity contribution >= 4 is 23.4 Å². The molecule has 19 heavy (non-hydrogen) atoms. The molecule has 1 aromatic rings. The molecule has 0 atom stereocenters. The lowest BCUT2D eigenvalue weighted by atomic mass is 9.78. The van der Waals surface area contributed by atoms with Crippen molar-refractivity contribution in [3.8, 4) is 5.75 Å². The third-order valence-electron chi connectivity index (χ3n) is 3.25. The van der Waals surface area contributed by atoms with E-state index in [9.17, 15) is 14.3 Å². The summed E-state index contributed by atoms with van der Waals surface area (Å²) in [5.41, 5.74) is 1.37. The van der Waals surface area contributed by atoms with Gasteiger partial charge in [-0.2, -0.15) is 0 Å². The second-order valence-electron chi connectivity index (χ2n) is 4.57. The summed E-state index contributed by atoms with van der Waals surface area (Å²) in [4.78, 5) is 2.22. The Labute approximate surface area is 115 Å². The van der Waals surface area contributed by atoms with Crippen molar-refractivity contribution in [3.05, 3.63) is 23.8 Å². The van der Waals surface area contributed by atoms with Crippen LogP contribution in [0.2, 0.25) is 0 Å². The summed E-state index contributed by atoms with van der Waals surface area (Å²) in [5.74, 6) is 1.90. The molecular weight excluding hydrogens is 265 g/mol. The predicted molar refractivity (Wildman–Crippen MR) is 76.0 cm³/mol. The molecule has 5 nitrogen and oxygen atoms in total. The van der Waals surface area contributed by atoms with E-state index in [1.54, 1.807) is 12.1 Å². The SMILES string of the molecule is COc1ccc(CN2CCS(=O)CC2)cc1B(O)O. The molecule has 1 heterocycles. The largest absolute Gasteiger partial charge is 0.497 e. The Hall–Kier alpha value is -0.885. The van der Waals surface area contributed by atoms with Crippen LogP contribution >= 0.6 is 0 Å². The Morgan fingerprint density at radius 1 is 1.37 bits per heavy atom. The molecule has 0 spiro atoms. The second kappa shape index (κ2) is 6.52. The quantitative estimate of drug-likeness (QED) is 0.689. The van der Waals surface area contributed by atoms with Gasteiger partial charge in [0.2, 0.25) is 0 Å². The first-order valence-electron chi connectivity index (χ1n) is 6.20. The van der Waals surface area contributed by atoms with Crippen LogP contribution in [-0.4, -0.2) is 58.0 Å². The third kappa shape index (κ3) is 3.79. The summed E-state index contributed by atoms with van der Waals surface area (Å²) >= 11 is 0. The molecule has 0 radical (unpaired) electrons. The van der Waals surface area contributed by atoms with Gasteiger partial charge in [0, 0.05) is 47.4 Å². The Balaban J connectivity index is 2.08. The van der Waals surface area contributed by atoms with Gasteiger partial charge in [0.05, 0.1) is 7.11 Å². The number of methoxy groups -OCH3 is 1. The number of hydrogen-bond donors (Lipinski definition) is 2. The molecule has 1 aromatic carbocycles. The normalized spacial score (nSPS) is 17.4. The maximum absolute atomic E-state index is 11.3. The fraction of sp³-hybridized carbons (Fsp3) is 0.500. The van der Waals surface area contributed by atoms with Gasteiger partial charge in [0.1, 0.15) is 5.75 Å². The molecule has 0 aliphatic carbocycles. The van der Waals surface area contributed by atoms with Gasteiger partial charge in [-0.3, -0.25) is 9.11 Å². The number of ether oxygens (including phenoxy) is 1. The molecule has 1 saturated heterocycles. The van der Waals surface area contributed by atoms with Gasteiger partial charge >= 0.3 is 7.12 Å². The van der Waals surface area contributed by atoms with E-state index in [1.165, 1.54) is 7.11 Å². The summed E-state index contributed by atoms with van der Waals surface area (Å²) in [7, 11) is -0.715. The molecule has 1 aliphatic rings. The van der Waals surface area contributed by atoms with Crippen LogP contribution in [0.15, 0.2) is 18.2 Å². The summed E-state index contributed by atoms with van der Waals surface area (Å²) in [5, 5.41) is 18.6. The minimum Gasteiger partial charge on any atom is -0.497 e. The first-order chi connectivity index (χ1) is 9.10. The maximum Gasteiger partial charge on any atom is 0.492 e. The molecule has 7 heteroatoms. The Morgan fingerprint density at radius 3 is 2.63 bits per heavy atom. The van der Waals surface area contributed by atoms with Crippen molar-refractivity contribution in [2.24, 2.45) is 0 Å². The van der Waals surface area contributed by atoms with E-state index in [2.05, 4.69) is 4.90 Å². The first kappa shape index (κ1) is 14.5. The lowest BCUT2D eigenvalue weighted by Crippen LogP contribution is -2.37. The van der Waals surface area contributed by atoms with Crippen LogP contribution in [0.5, 0.6) is 5.75 Å². The molecule has 1 aliphatic heterocycles. The van der Waals surface area contributed by atoms with Gasteiger partial charge in [-0.05, 0) is 11.6 Å². The second-order valence-corrected chi connectivity index (χ2v) is 6.27. The zero-order valence-electron chi connectivity index (χ0n) is 10.9. The number of hydrogen-bond acceptors (Lipinski definition) is 5. The fourth-order valence-electron chi connectivity index (χ4n) is 2.18. The average Bonchev–Trinajstić information content (AvgIpc) is 2.41. The highest BCUT2D eigenvalue weighted by Crippen LogP contribution is 2.13. The Kier molecular flexibility index (Phi) is 4.98. The van der Waals surface area contributed by atoms with Gasteiger partial charge in [0.25, 0.3) is 0 Å². The minimum atomic E-state index is -1.54. The minimum absolute atomic E-state index is 0.376. The van der Waals surface area contributed by atoms with E-state index in [0.29, 0.717) is 22.7 Å². The Bertz CT molecular complexity index is 459. The van der Waals surface area contributed by atoms with Crippen LogP contribution < -0.4 is 10.2 Å². The lowest BCUT2D eigenvalue weighted by molar-refractivity contribution is 0.291. The van der Waals surface area contributed by atoms with Crippen molar-refractivity contribution < 1.29 is 19.0 Å². The molecule has 0 amide bonds. The van der Waals surface area contributed by atoms with Crippen LogP contribution in [0.3, 0.4) is 0 Å². The molecule has 0 saturated carbocycles. The van der Waals surface area contributed by atoms with Gasteiger partial charge in [-0.1, -0.05) is 12.1 Å². The Morgan fingerprint density at radius 2 is 2.05 bits per heavy atom. The maximum atomic E-state index is 11.3. The highest BCUT2D eigenvalue weighted by Gasteiger charge is 2.19. The summed E-state index contributed by atoms with van der Waals surface area (Å²) in [6, 6.07) is 5.40. The van der Waals surface area contributed by atoms with E-state index in [1.807, 2.05) is 6.07 Å². The molecule has 0 aromatic heterocycles. The van der Waals surface area contributed by atoms with Gasteiger partial charge in [-0.15, -0.1) is 0 Å². The molecule has 0 bridgehead atoms. The monoisotopic (exact) mass is 283 g/mol. The third-order valence-corrected chi connectivity index (χ3v) is 4.52. The smallest absolute Gasteiger partial charge is 0.492 e. The van der Waals surface area contributed by atoms with Crippen LogP contribution in [0.25, 0.3) is 0 Å². The van der Waals surface area contributed by atoms with E-state index >= 15 is 0 Å². The summed E-state index contributed by atoms with van der Waals surface area (Å²) in [6.07, 6.45) is 0. The van der Waals surface area contributed by atoms with Crippen molar-refractivity contribution in [3.63, 3.8) is 0 Å². The van der Waals surface area contributed by atoms with Crippen molar-refractivity contribution in [2.75, 3.05) is 31.7 Å². The highest BCUT2D eigenvalue weighted by molar-refractivity contribution is 7.85. The van der Waals surface area contributed by atoms with E-state index in [4.69, 9.17) is 4.74 Å². The zero-order chi connectivity index (χ0) is 13.8. The van der Waals surface area contributed by atoms with Crippen molar-refractivity contribution in [1.29, 1.82) is 0 Å². The van der Waals surface area contributed by atoms with Gasteiger partial charge < -0.3 is 14.8 Å². The summed E-state index contributed by atoms with van der Waals surface area (Å²) < 4.78 is 16.4. The lowest BCUT2D eigenvalue weighted by Gasteiger charge is -2.26. The van der Waals surface area contributed by atoms with Gasteiger partial charge in [-0.25, -0.2) is 0 Å². The average molecular weight is 283 g/mol. The van der Waals surface area contributed by atoms with Crippen LogP contribution in [0, 0.1) is 0 Å². The number of nitrogens with zero attached hydrogens (tertiary/aromatic N) is 1. The fourth-order valence-corrected chi connectivity index (χ4v) is 3.30. The van der Waals surface area contributed by atoms with Crippen molar-refractivity contribution in [2.45, 2.75) is 6.54 Å². The van der Waals surface area contributed by atoms with Crippen LogP contribution in [-0.2, 0) is 17.3 Å². The van der Waals surface area contributed by atoms with Crippen LogP contribution in [0.1, 0.15) is 5.56 Å². The molecule has 2 N–H and O–H groups in total. The molecular formula is C12H18BNO4S. The standard InChI is InChI=1S/C12H18BNO4S/c1-18-12-3-2-10(8-11(12)13(15)16)9-14-4-6-19(17)7-5-14/h2-3,8,15-16H,4-7,9H2,1H3. The zero-order valence-corrected chi connectivity index (χ0v) is 11.7. The summed E-state index contributed by atoms with van der Waals surface area (Å²) in [6.45, 7) is 2.35. The highest BCUT2D eigenvalue weighted by atomic mass is 32.2. The van der Waals surface area contributed by atoms with E-state index < -0.39 is 17.9 Å². The van der Waals surface area contributed by atoms with E-state index in [0.717, 1.165) is 25.2 Å². The molecule has 104 valence electrons. The molecule has 2 rings (SSSR count). The predicted octanol–water partition coefficient (Wildman–Crippen LogP) is -1.06.